The molecule has 0 bridgehead atoms. The highest BCUT2D eigenvalue weighted by Gasteiger charge is 2.44. The maximum absolute atomic E-state index is 13.4. The zero-order valence-corrected chi connectivity index (χ0v) is 16.2. The van der Waals surface area contributed by atoms with Crippen molar-refractivity contribution in [3.8, 4) is 0 Å². The summed E-state index contributed by atoms with van der Waals surface area (Å²) in [6, 6.07) is 1.88. The smallest absolute Gasteiger partial charge is 0.250 e. The largest absolute Gasteiger partial charge is 0.336 e. The molecule has 0 atom stereocenters. The Morgan fingerprint density at radius 2 is 2.04 bits per heavy atom. The molecule has 1 aliphatic rings. The zero-order chi connectivity index (χ0) is 16.3. The highest BCUT2D eigenvalue weighted by atomic mass is 35.5. The van der Waals surface area contributed by atoms with E-state index in [1.165, 1.54) is 0 Å². The Bertz CT molecular complexity index is 651. The van der Waals surface area contributed by atoms with Crippen LogP contribution in [0.25, 0.3) is 0 Å². The van der Waals surface area contributed by atoms with Gasteiger partial charge in [0, 0.05) is 44.3 Å². The van der Waals surface area contributed by atoms with Crippen molar-refractivity contribution in [1.82, 2.24) is 29.8 Å². The van der Waals surface area contributed by atoms with Gasteiger partial charge in [0.2, 0.25) is 0 Å². The van der Waals surface area contributed by atoms with E-state index in [1.54, 1.807) is 10.9 Å². The van der Waals surface area contributed by atoms with Gasteiger partial charge in [0.1, 0.15) is 5.54 Å². The van der Waals surface area contributed by atoms with Crippen molar-refractivity contribution in [1.29, 1.82) is 0 Å². The van der Waals surface area contributed by atoms with Gasteiger partial charge < -0.3 is 10.2 Å². The molecule has 1 saturated heterocycles. The molecule has 0 unspecified atom stereocenters. The quantitative estimate of drug-likeness (QED) is 0.844. The summed E-state index contributed by atoms with van der Waals surface area (Å²) in [7, 11) is 1.89. The van der Waals surface area contributed by atoms with Gasteiger partial charge in [0.05, 0.1) is 6.20 Å². The number of nitrogens with zero attached hydrogens (tertiary/aromatic N) is 5. The number of aromatic nitrogens is 4. The number of aryl methyl sites for hydroxylation is 1. The van der Waals surface area contributed by atoms with Crippen LogP contribution in [0, 0.1) is 0 Å². The van der Waals surface area contributed by atoms with Crippen LogP contribution in [0.5, 0.6) is 0 Å². The van der Waals surface area contributed by atoms with Gasteiger partial charge in [-0.25, -0.2) is 0 Å². The fourth-order valence-corrected chi connectivity index (χ4v) is 3.30. The molecular weight excluding hydrogens is 363 g/mol. The van der Waals surface area contributed by atoms with Crippen LogP contribution in [0.2, 0.25) is 0 Å². The van der Waals surface area contributed by atoms with Crippen LogP contribution >= 0.6 is 24.8 Å². The SMILES string of the molecule is CCN(Cc1cnn(C)c1)C(=O)C1(n2cccn2)CCNCC1.Cl.Cl. The first-order valence-electron chi connectivity index (χ1n) is 8.13. The van der Waals surface area contributed by atoms with E-state index in [0.29, 0.717) is 13.1 Å². The summed E-state index contributed by atoms with van der Waals surface area (Å²) in [6.07, 6.45) is 8.95. The van der Waals surface area contributed by atoms with Crippen molar-refractivity contribution < 1.29 is 4.79 Å². The molecule has 3 rings (SSSR count). The number of piperidine rings is 1. The molecule has 0 spiro atoms. The minimum absolute atomic E-state index is 0. The summed E-state index contributed by atoms with van der Waals surface area (Å²) in [5.74, 6) is 0.147. The molecule has 3 heterocycles. The Morgan fingerprint density at radius 3 is 2.56 bits per heavy atom. The molecule has 1 amide bonds. The standard InChI is InChI=1S/C16H24N6O.2ClH/c1-3-21(13-14-11-19-20(2)12-14)15(23)16(5-8-17-9-6-16)22-10-4-7-18-22;;/h4,7,10-12,17H,3,5-6,8-9,13H2,1-2H3;2*1H. The van der Waals surface area contributed by atoms with Gasteiger partial charge in [-0.1, -0.05) is 0 Å². The number of hydrogen-bond acceptors (Lipinski definition) is 4. The van der Waals surface area contributed by atoms with Crippen molar-refractivity contribution in [2.75, 3.05) is 19.6 Å². The molecule has 0 radical (unpaired) electrons. The summed E-state index contributed by atoms with van der Waals surface area (Å²) in [4.78, 5) is 15.3. The minimum atomic E-state index is -0.576. The molecule has 7 nitrogen and oxygen atoms in total. The minimum Gasteiger partial charge on any atom is -0.336 e. The second-order valence-electron chi connectivity index (χ2n) is 6.07. The molecule has 0 aliphatic carbocycles. The van der Waals surface area contributed by atoms with E-state index in [0.717, 1.165) is 31.5 Å². The van der Waals surface area contributed by atoms with E-state index in [2.05, 4.69) is 15.5 Å². The van der Waals surface area contributed by atoms with E-state index in [-0.39, 0.29) is 30.7 Å². The number of rotatable bonds is 5. The van der Waals surface area contributed by atoms with E-state index >= 15 is 0 Å². The van der Waals surface area contributed by atoms with E-state index in [4.69, 9.17) is 0 Å². The fraction of sp³-hybridized carbons (Fsp3) is 0.562. The Kier molecular flexibility index (Phi) is 7.92. The molecule has 2 aromatic rings. The topological polar surface area (TPSA) is 68.0 Å². The normalized spacial score (nSPS) is 15.8. The Balaban J connectivity index is 0.00000156. The van der Waals surface area contributed by atoms with Crippen LogP contribution in [0.3, 0.4) is 0 Å². The average molecular weight is 389 g/mol. The molecule has 0 saturated carbocycles. The van der Waals surface area contributed by atoms with Crippen molar-refractivity contribution >= 4 is 30.7 Å². The van der Waals surface area contributed by atoms with Crippen molar-refractivity contribution in [3.05, 3.63) is 36.4 Å². The zero-order valence-electron chi connectivity index (χ0n) is 14.6. The molecule has 0 aromatic carbocycles. The van der Waals surface area contributed by atoms with Crippen LogP contribution < -0.4 is 5.32 Å². The molecule has 1 aliphatic heterocycles. The highest BCUT2D eigenvalue weighted by Crippen LogP contribution is 2.30. The summed E-state index contributed by atoms with van der Waals surface area (Å²) in [5.41, 5.74) is 0.472. The van der Waals surface area contributed by atoms with E-state index in [1.807, 2.05) is 48.2 Å². The van der Waals surface area contributed by atoms with E-state index in [9.17, 15) is 4.79 Å². The summed E-state index contributed by atoms with van der Waals surface area (Å²) < 4.78 is 3.61. The molecule has 25 heavy (non-hydrogen) atoms. The third-order valence-corrected chi connectivity index (χ3v) is 4.57. The number of likely N-dealkylation sites (N-methyl/N-ethyl adjacent to an activating group) is 1. The number of carbonyl (C=O) groups excluding carboxylic acids is 1. The van der Waals surface area contributed by atoms with Gasteiger partial charge in [-0.05, 0) is 38.9 Å². The number of carbonyl (C=O) groups is 1. The third kappa shape index (κ3) is 4.34. The molecule has 140 valence electrons. The first-order valence-corrected chi connectivity index (χ1v) is 8.13. The molecule has 1 N–H and O–H groups in total. The molecule has 9 heteroatoms. The summed E-state index contributed by atoms with van der Waals surface area (Å²) in [5, 5.41) is 11.9. The second-order valence-corrected chi connectivity index (χ2v) is 6.07. The molecular formula is C16H26Cl2N6O. The number of nitrogens with one attached hydrogen (secondary N) is 1. The van der Waals surface area contributed by atoms with Gasteiger partial charge in [0.25, 0.3) is 5.91 Å². The van der Waals surface area contributed by atoms with Crippen molar-refractivity contribution in [2.24, 2.45) is 7.05 Å². The fourth-order valence-electron chi connectivity index (χ4n) is 3.30. The predicted octanol–water partition coefficient (Wildman–Crippen LogP) is 1.59. The first-order chi connectivity index (χ1) is 11.2. The lowest BCUT2D eigenvalue weighted by atomic mass is 9.86. The number of hydrogen-bond donors (Lipinski definition) is 1. The Morgan fingerprint density at radius 1 is 1.32 bits per heavy atom. The van der Waals surface area contributed by atoms with Crippen LogP contribution in [0.1, 0.15) is 25.3 Å². The second kappa shape index (κ2) is 9.22. The lowest BCUT2D eigenvalue weighted by Crippen LogP contribution is -2.55. The van der Waals surface area contributed by atoms with Gasteiger partial charge >= 0.3 is 0 Å². The predicted molar refractivity (Wildman–Crippen MR) is 101 cm³/mol. The van der Waals surface area contributed by atoms with Gasteiger partial charge in [-0.3, -0.25) is 14.2 Å². The Labute approximate surface area is 160 Å². The Hall–Kier alpha value is -1.57. The van der Waals surface area contributed by atoms with Crippen LogP contribution in [-0.4, -0.2) is 50.0 Å². The molecule has 2 aromatic heterocycles. The van der Waals surface area contributed by atoms with Gasteiger partial charge in [0.15, 0.2) is 0 Å². The van der Waals surface area contributed by atoms with Crippen LogP contribution in [0.4, 0.5) is 0 Å². The monoisotopic (exact) mass is 388 g/mol. The van der Waals surface area contributed by atoms with Crippen LogP contribution in [0.15, 0.2) is 30.9 Å². The number of amides is 1. The first kappa shape index (κ1) is 21.5. The van der Waals surface area contributed by atoms with Crippen molar-refractivity contribution in [3.63, 3.8) is 0 Å². The maximum atomic E-state index is 13.4. The average Bonchev–Trinajstić information content (AvgIpc) is 3.24. The maximum Gasteiger partial charge on any atom is 0.250 e. The highest BCUT2D eigenvalue weighted by molar-refractivity contribution is 5.86. The number of halogens is 2. The molecule has 1 fully saturated rings. The lowest BCUT2D eigenvalue weighted by molar-refractivity contribution is -0.143. The van der Waals surface area contributed by atoms with E-state index < -0.39 is 5.54 Å². The lowest BCUT2D eigenvalue weighted by Gasteiger charge is -2.40. The van der Waals surface area contributed by atoms with Crippen molar-refractivity contribution in [2.45, 2.75) is 31.8 Å². The third-order valence-electron chi connectivity index (χ3n) is 4.57. The van der Waals surface area contributed by atoms with Gasteiger partial charge in [-0.2, -0.15) is 10.2 Å². The van der Waals surface area contributed by atoms with Gasteiger partial charge in [-0.15, -0.1) is 24.8 Å². The summed E-state index contributed by atoms with van der Waals surface area (Å²) >= 11 is 0. The van der Waals surface area contributed by atoms with Crippen LogP contribution in [-0.2, 0) is 23.9 Å². The summed E-state index contributed by atoms with van der Waals surface area (Å²) in [6.45, 7) is 4.93.